The van der Waals surface area contributed by atoms with Gasteiger partial charge in [-0.2, -0.15) is 0 Å². The number of likely N-dealkylation sites (N-methyl/N-ethyl adjacent to an activating group) is 1. The molecule has 0 aromatic heterocycles. The van der Waals surface area contributed by atoms with Crippen molar-refractivity contribution < 1.29 is 14.7 Å². The summed E-state index contributed by atoms with van der Waals surface area (Å²) in [6.45, 7) is 5.67. The van der Waals surface area contributed by atoms with Crippen molar-refractivity contribution in [2.45, 2.75) is 26.4 Å². The lowest BCUT2D eigenvalue weighted by Gasteiger charge is -2.22. The van der Waals surface area contributed by atoms with Crippen LogP contribution in [0.15, 0.2) is 5.16 Å². The molecule has 88 valence electrons. The number of carbonyl (C=O) groups is 1. The zero-order valence-electron chi connectivity index (χ0n) is 9.65. The van der Waals surface area contributed by atoms with Gasteiger partial charge in [0.15, 0.2) is 5.84 Å². The lowest BCUT2D eigenvalue weighted by Crippen LogP contribution is -2.39. The highest BCUT2D eigenvalue weighted by Gasteiger charge is 2.16. The van der Waals surface area contributed by atoms with E-state index < -0.39 is 0 Å². The van der Waals surface area contributed by atoms with Crippen LogP contribution in [0.5, 0.6) is 0 Å². The number of ether oxygens (including phenoxy) is 1. The zero-order chi connectivity index (χ0) is 12.1. The zero-order valence-corrected chi connectivity index (χ0v) is 9.65. The molecule has 3 N–H and O–H groups in total. The Bertz CT molecular complexity index is 245. The van der Waals surface area contributed by atoms with Crippen molar-refractivity contribution in [3.05, 3.63) is 0 Å². The fourth-order valence-corrected chi connectivity index (χ4v) is 0.751. The summed E-state index contributed by atoms with van der Waals surface area (Å²) in [6, 6.07) is 0. The summed E-state index contributed by atoms with van der Waals surface area (Å²) >= 11 is 0. The molecule has 0 spiro atoms. The second-order valence-electron chi connectivity index (χ2n) is 4.24. The van der Waals surface area contributed by atoms with Crippen molar-refractivity contribution in [2.24, 2.45) is 10.9 Å². The molecule has 0 saturated carbocycles. The maximum Gasteiger partial charge on any atom is 0.248 e. The number of amidine groups is 1. The van der Waals surface area contributed by atoms with Crippen molar-refractivity contribution in [3.63, 3.8) is 0 Å². The van der Waals surface area contributed by atoms with E-state index in [-0.39, 0.29) is 30.5 Å². The smallest absolute Gasteiger partial charge is 0.248 e. The Kier molecular flexibility index (Phi) is 5.07. The van der Waals surface area contributed by atoms with Crippen molar-refractivity contribution in [1.29, 1.82) is 0 Å². The second-order valence-corrected chi connectivity index (χ2v) is 4.24. The van der Waals surface area contributed by atoms with Gasteiger partial charge in [-0.1, -0.05) is 5.16 Å². The Morgan fingerprint density at radius 2 is 2.07 bits per heavy atom. The Labute approximate surface area is 89.7 Å². The molecular formula is C9H19N3O3. The first kappa shape index (κ1) is 13.7. The molecule has 0 saturated heterocycles. The van der Waals surface area contributed by atoms with Crippen LogP contribution in [0.25, 0.3) is 0 Å². The van der Waals surface area contributed by atoms with Crippen LogP contribution >= 0.6 is 0 Å². The van der Waals surface area contributed by atoms with Gasteiger partial charge in [0, 0.05) is 7.05 Å². The van der Waals surface area contributed by atoms with E-state index in [2.05, 4.69) is 5.16 Å². The molecule has 0 atom stereocenters. The molecule has 0 heterocycles. The molecule has 0 unspecified atom stereocenters. The topological polar surface area (TPSA) is 88.1 Å². The Hall–Kier alpha value is -1.30. The van der Waals surface area contributed by atoms with E-state index in [9.17, 15) is 4.79 Å². The maximum atomic E-state index is 11.4. The normalized spacial score (nSPS) is 12.7. The summed E-state index contributed by atoms with van der Waals surface area (Å²) in [7, 11) is 1.56. The summed E-state index contributed by atoms with van der Waals surface area (Å²) in [5.74, 6) is -0.224. The molecule has 0 aliphatic heterocycles. The molecule has 15 heavy (non-hydrogen) atoms. The van der Waals surface area contributed by atoms with E-state index >= 15 is 0 Å². The predicted molar refractivity (Wildman–Crippen MR) is 56.8 cm³/mol. The SMILES string of the molecule is CN(CC(N)=NO)C(=O)COC(C)(C)C. The third-order valence-corrected chi connectivity index (χ3v) is 1.58. The number of carbonyl (C=O) groups excluding carboxylic acids is 1. The molecule has 6 heteroatoms. The van der Waals surface area contributed by atoms with E-state index in [4.69, 9.17) is 15.7 Å². The van der Waals surface area contributed by atoms with Gasteiger partial charge in [0.25, 0.3) is 0 Å². The molecular weight excluding hydrogens is 198 g/mol. The van der Waals surface area contributed by atoms with E-state index in [1.165, 1.54) is 4.90 Å². The maximum absolute atomic E-state index is 11.4. The summed E-state index contributed by atoms with van der Waals surface area (Å²) < 4.78 is 5.29. The van der Waals surface area contributed by atoms with Gasteiger partial charge in [0.2, 0.25) is 5.91 Å². The third-order valence-electron chi connectivity index (χ3n) is 1.58. The van der Waals surface area contributed by atoms with Gasteiger partial charge in [0.05, 0.1) is 12.1 Å². The number of hydrogen-bond acceptors (Lipinski definition) is 4. The van der Waals surface area contributed by atoms with Crippen molar-refractivity contribution in [1.82, 2.24) is 4.90 Å². The predicted octanol–water partition coefficient (Wildman–Crippen LogP) is 0.00630. The van der Waals surface area contributed by atoms with E-state index in [1.54, 1.807) is 7.05 Å². The summed E-state index contributed by atoms with van der Waals surface area (Å²) in [5.41, 5.74) is 4.90. The van der Waals surface area contributed by atoms with Crippen LogP contribution in [-0.2, 0) is 9.53 Å². The fraction of sp³-hybridized carbons (Fsp3) is 0.778. The number of amides is 1. The van der Waals surface area contributed by atoms with Crippen LogP contribution in [0.4, 0.5) is 0 Å². The van der Waals surface area contributed by atoms with E-state index in [0.29, 0.717) is 0 Å². The lowest BCUT2D eigenvalue weighted by molar-refractivity contribution is -0.139. The average molecular weight is 217 g/mol. The number of nitrogens with two attached hydrogens (primary N) is 1. The van der Waals surface area contributed by atoms with E-state index in [0.717, 1.165) is 0 Å². The molecule has 0 bridgehead atoms. The molecule has 0 aliphatic carbocycles. The van der Waals surface area contributed by atoms with Gasteiger partial charge >= 0.3 is 0 Å². The number of nitrogens with zero attached hydrogens (tertiary/aromatic N) is 2. The quantitative estimate of drug-likeness (QED) is 0.300. The molecule has 0 aliphatic rings. The van der Waals surface area contributed by atoms with Gasteiger partial charge in [0.1, 0.15) is 6.61 Å². The van der Waals surface area contributed by atoms with Crippen LogP contribution in [0, 0.1) is 0 Å². The number of rotatable bonds is 4. The highest BCUT2D eigenvalue weighted by molar-refractivity contribution is 5.87. The molecule has 0 radical (unpaired) electrons. The molecule has 0 rings (SSSR count). The minimum atomic E-state index is -0.354. The minimum absolute atomic E-state index is 0.0124. The molecule has 6 nitrogen and oxygen atoms in total. The van der Waals surface area contributed by atoms with Gasteiger partial charge in [-0.05, 0) is 20.8 Å². The third kappa shape index (κ3) is 6.73. The second kappa shape index (κ2) is 5.55. The molecule has 0 fully saturated rings. The summed E-state index contributed by atoms with van der Waals surface area (Å²) in [6.07, 6.45) is 0. The Morgan fingerprint density at radius 3 is 2.47 bits per heavy atom. The number of oxime groups is 1. The molecule has 0 aromatic rings. The Morgan fingerprint density at radius 1 is 1.53 bits per heavy atom. The monoisotopic (exact) mass is 217 g/mol. The van der Waals surface area contributed by atoms with Crippen LogP contribution in [0.1, 0.15) is 20.8 Å². The highest BCUT2D eigenvalue weighted by Crippen LogP contribution is 2.06. The highest BCUT2D eigenvalue weighted by atomic mass is 16.5. The largest absolute Gasteiger partial charge is 0.409 e. The van der Waals surface area contributed by atoms with Crippen molar-refractivity contribution in [2.75, 3.05) is 20.2 Å². The van der Waals surface area contributed by atoms with Gasteiger partial charge in [-0.3, -0.25) is 4.79 Å². The van der Waals surface area contributed by atoms with Crippen molar-refractivity contribution >= 4 is 11.7 Å². The summed E-state index contributed by atoms with van der Waals surface area (Å²) in [4.78, 5) is 12.8. The molecule has 1 amide bonds. The van der Waals surface area contributed by atoms with Gasteiger partial charge < -0.3 is 20.6 Å². The van der Waals surface area contributed by atoms with E-state index in [1.807, 2.05) is 20.8 Å². The van der Waals surface area contributed by atoms with Crippen LogP contribution in [0.2, 0.25) is 0 Å². The first-order valence-electron chi connectivity index (χ1n) is 4.60. The fourth-order valence-electron chi connectivity index (χ4n) is 0.751. The van der Waals surface area contributed by atoms with Crippen LogP contribution in [-0.4, -0.2) is 47.7 Å². The first-order valence-corrected chi connectivity index (χ1v) is 4.60. The first-order chi connectivity index (χ1) is 6.76. The lowest BCUT2D eigenvalue weighted by atomic mass is 10.2. The van der Waals surface area contributed by atoms with Gasteiger partial charge in [-0.15, -0.1) is 0 Å². The van der Waals surface area contributed by atoms with Gasteiger partial charge in [-0.25, -0.2) is 0 Å². The van der Waals surface area contributed by atoms with Crippen LogP contribution in [0.3, 0.4) is 0 Å². The summed E-state index contributed by atoms with van der Waals surface area (Å²) in [5, 5.41) is 11.1. The standard InChI is InChI=1S/C9H19N3O3/c1-9(2,3)15-6-8(13)12(4)5-7(10)11-14/h14H,5-6H2,1-4H3,(H2,10,11). The molecule has 0 aromatic carbocycles. The minimum Gasteiger partial charge on any atom is -0.409 e. The average Bonchev–Trinajstić information content (AvgIpc) is 2.12. The number of hydrogen-bond donors (Lipinski definition) is 2. The van der Waals surface area contributed by atoms with Crippen molar-refractivity contribution in [3.8, 4) is 0 Å². The van der Waals surface area contributed by atoms with Crippen LogP contribution < -0.4 is 5.73 Å². The Balaban J connectivity index is 4.01.